The van der Waals surface area contributed by atoms with E-state index >= 15 is 0 Å². The Hall–Kier alpha value is -1.63. The monoisotopic (exact) mass is 339 g/mol. The molecule has 1 aliphatic heterocycles. The smallest absolute Gasteiger partial charge is 0.328 e. The summed E-state index contributed by atoms with van der Waals surface area (Å²) < 4.78 is 10.8. The van der Waals surface area contributed by atoms with Gasteiger partial charge < -0.3 is 9.64 Å². The van der Waals surface area contributed by atoms with Crippen molar-refractivity contribution in [2.75, 3.05) is 18.1 Å². The third-order valence-corrected chi connectivity index (χ3v) is 3.88. The molecule has 0 saturated carbocycles. The molecule has 3 rings (SSSR count). The van der Waals surface area contributed by atoms with Crippen molar-refractivity contribution >= 4 is 38.6 Å². The van der Waals surface area contributed by atoms with Gasteiger partial charge in [-0.3, -0.25) is 0 Å². The van der Waals surface area contributed by atoms with Crippen molar-refractivity contribution in [1.29, 1.82) is 0 Å². The van der Waals surface area contributed by atoms with Crippen LogP contribution in [0, 0.1) is 0 Å². The number of carbonyl (C=O) groups excluding carboxylic acids is 1. The lowest BCUT2D eigenvalue weighted by atomic mass is 10.2. The third-order valence-electron chi connectivity index (χ3n) is 3.43. The number of anilines is 1. The van der Waals surface area contributed by atoms with Crippen molar-refractivity contribution < 1.29 is 14.2 Å². The van der Waals surface area contributed by atoms with Crippen molar-refractivity contribution in [2.45, 2.75) is 25.8 Å². The van der Waals surface area contributed by atoms with Gasteiger partial charge in [0, 0.05) is 11.0 Å². The molecule has 1 aliphatic rings. The van der Waals surface area contributed by atoms with E-state index in [4.69, 9.17) is 9.37 Å². The van der Waals surface area contributed by atoms with Crippen LogP contribution in [0.5, 0.6) is 0 Å². The zero-order valence-electron chi connectivity index (χ0n) is 11.0. The van der Waals surface area contributed by atoms with Crippen LogP contribution < -0.4 is 4.90 Å². The standard InChI is InChI=1S/C13H14BrN3O3/c1-2-19-13(18)10-4-3-5-17(10)11-7-8(14)6-9-12(11)16-20-15-9/h6-7,10H,2-5H2,1H3/t10-/m0/s1. The van der Waals surface area contributed by atoms with E-state index in [0.29, 0.717) is 17.6 Å². The first-order valence-corrected chi connectivity index (χ1v) is 7.35. The minimum atomic E-state index is -0.260. The molecule has 0 radical (unpaired) electrons. The topological polar surface area (TPSA) is 68.5 Å². The van der Waals surface area contributed by atoms with Gasteiger partial charge in [0.05, 0.1) is 12.3 Å². The molecule has 6 nitrogen and oxygen atoms in total. The van der Waals surface area contributed by atoms with Crippen molar-refractivity contribution in [1.82, 2.24) is 10.3 Å². The van der Waals surface area contributed by atoms with E-state index in [0.717, 1.165) is 29.5 Å². The van der Waals surface area contributed by atoms with Crippen LogP contribution in [-0.4, -0.2) is 35.5 Å². The van der Waals surface area contributed by atoms with Gasteiger partial charge >= 0.3 is 5.97 Å². The highest BCUT2D eigenvalue weighted by molar-refractivity contribution is 9.10. The van der Waals surface area contributed by atoms with E-state index in [1.165, 1.54) is 0 Å². The summed E-state index contributed by atoms with van der Waals surface area (Å²) in [6, 6.07) is 3.51. The van der Waals surface area contributed by atoms with Crippen LogP contribution in [0.2, 0.25) is 0 Å². The average Bonchev–Trinajstić information content (AvgIpc) is 3.06. The number of benzene rings is 1. The van der Waals surface area contributed by atoms with E-state index in [1.54, 1.807) is 0 Å². The van der Waals surface area contributed by atoms with E-state index in [9.17, 15) is 4.79 Å². The van der Waals surface area contributed by atoms with Gasteiger partial charge in [0.2, 0.25) is 0 Å². The maximum Gasteiger partial charge on any atom is 0.328 e. The highest BCUT2D eigenvalue weighted by Crippen LogP contribution is 2.33. The Labute approximate surface area is 124 Å². The van der Waals surface area contributed by atoms with Crippen LogP contribution in [0.4, 0.5) is 5.69 Å². The molecule has 0 N–H and O–H groups in total. The van der Waals surface area contributed by atoms with E-state index in [2.05, 4.69) is 26.2 Å². The van der Waals surface area contributed by atoms with Crippen molar-refractivity contribution in [3.63, 3.8) is 0 Å². The average molecular weight is 340 g/mol. The second kappa shape index (κ2) is 5.40. The highest BCUT2D eigenvalue weighted by atomic mass is 79.9. The number of esters is 1. The van der Waals surface area contributed by atoms with Crippen LogP contribution in [0.3, 0.4) is 0 Å². The van der Waals surface area contributed by atoms with Crippen LogP contribution in [-0.2, 0) is 9.53 Å². The second-order valence-corrected chi connectivity index (χ2v) is 5.58. The maximum absolute atomic E-state index is 12.1. The largest absolute Gasteiger partial charge is 0.464 e. The summed E-state index contributed by atoms with van der Waals surface area (Å²) in [5.74, 6) is -0.186. The summed E-state index contributed by atoms with van der Waals surface area (Å²) in [7, 11) is 0. The third kappa shape index (κ3) is 2.26. The SMILES string of the molecule is CCOC(=O)[C@@H]1CCCN1c1cc(Br)cc2nonc12. The molecule has 0 spiro atoms. The number of hydrogen-bond donors (Lipinski definition) is 0. The molecule has 1 fully saturated rings. The molecule has 2 aromatic rings. The Morgan fingerprint density at radius 3 is 3.20 bits per heavy atom. The molecule has 1 aromatic heterocycles. The molecule has 1 saturated heterocycles. The lowest BCUT2D eigenvalue weighted by molar-refractivity contribution is -0.144. The quantitative estimate of drug-likeness (QED) is 0.800. The number of halogens is 1. The van der Waals surface area contributed by atoms with Crippen molar-refractivity contribution in [2.24, 2.45) is 0 Å². The van der Waals surface area contributed by atoms with E-state index < -0.39 is 0 Å². The fourth-order valence-corrected chi connectivity index (χ4v) is 3.03. The molecule has 106 valence electrons. The highest BCUT2D eigenvalue weighted by Gasteiger charge is 2.33. The molecular weight excluding hydrogens is 326 g/mol. The first-order chi connectivity index (χ1) is 9.70. The van der Waals surface area contributed by atoms with Crippen molar-refractivity contribution in [3.05, 3.63) is 16.6 Å². The van der Waals surface area contributed by atoms with Gasteiger partial charge in [-0.15, -0.1) is 0 Å². The number of aromatic nitrogens is 2. The number of hydrogen-bond acceptors (Lipinski definition) is 6. The molecule has 0 amide bonds. The second-order valence-electron chi connectivity index (χ2n) is 4.66. The Morgan fingerprint density at radius 1 is 1.55 bits per heavy atom. The minimum absolute atomic E-state index is 0.186. The summed E-state index contributed by atoms with van der Waals surface area (Å²) >= 11 is 3.45. The van der Waals surface area contributed by atoms with Crippen molar-refractivity contribution in [3.8, 4) is 0 Å². The molecule has 0 unspecified atom stereocenters. The summed E-state index contributed by atoms with van der Waals surface area (Å²) in [6.07, 6.45) is 1.74. The Morgan fingerprint density at radius 2 is 2.40 bits per heavy atom. The van der Waals surface area contributed by atoms with Gasteiger partial charge in [-0.2, -0.15) is 0 Å². The predicted molar refractivity (Wildman–Crippen MR) is 76.5 cm³/mol. The van der Waals surface area contributed by atoms with Gasteiger partial charge in [0.15, 0.2) is 5.52 Å². The van der Waals surface area contributed by atoms with E-state index in [1.807, 2.05) is 24.0 Å². The molecule has 0 bridgehead atoms. The molecule has 20 heavy (non-hydrogen) atoms. The van der Waals surface area contributed by atoms with Gasteiger partial charge in [0.25, 0.3) is 0 Å². The first kappa shape index (κ1) is 13.4. The first-order valence-electron chi connectivity index (χ1n) is 6.56. The summed E-state index contributed by atoms with van der Waals surface area (Å²) in [5.41, 5.74) is 2.19. The Kier molecular flexibility index (Phi) is 3.60. The lowest BCUT2D eigenvalue weighted by Gasteiger charge is -2.25. The van der Waals surface area contributed by atoms with Crippen LogP contribution in [0.15, 0.2) is 21.2 Å². The molecule has 1 atom stereocenters. The molecule has 1 aromatic carbocycles. The number of carbonyl (C=O) groups is 1. The Bertz CT molecular complexity index is 643. The van der Waals surface area contributed by atoms with Gasteiger partial charge in [-0.1, -0.05) is 15.9 Å². The molecule has 0 aliphatic carbocycles. The number of nitrogens with zero attached hydrogens (tertiary/aromatic N) is 3. The number of rotatable bonds is 3. The Balaban J connectivity index is 2.01. The van der Waals surface area contributed by atoms with Crippen LogP contribution in [0.25, 0.3) is 11.0 Å². The van der Waals surface area contributed by atoms with Gasteiger partial charge in [-0.05, 0) is 42.2 Å². The van der Waals surface area contributed by atoms with E-state index in [-0.39, 0.29) is 12.0 Å². The molecule has 2 heterocycles. The summed E-state index contributed by atoms with van der Waals surface area (Å²) in [6.45, 7) is 3.00. The molecule has 7 heteroatoms. The predicted octanol–water partition coefficient (Wildman–Crippen LogP) is 2.52. The zero-order chi connectivity index (χ0) is 14.1. The summed E-state index contributed by atoms with van der Waals surface area (Å²) in [4.78, 5) is 14.1. The fourth-order valence-electron chi connectivity index (χ4n) is 2.60. The maximum atomic E-state index is 12.1. The van der Waals surface area contributed by atoms with Gasteiger partial charge in [0.1, 0.15) is 11.6 Å². The number of ether oxygens (including phenoxy) is 1. The fraction of sp³-hybridized carbons (Fsp3) is 0.462. The normalized spacial score (nSPS) is 18.7. The van der Waals surface area contributed by atoms with Gasteiger partial charge in [-0.25, -0.2) is 9.42 Å². The number of fused-ring (bicyclic) bond motifs is 1. The van der Waals surface area contributed by atoms with Crippen LogP contribution >= 0.6 is 15.9 Å². The summed E-state index contributed by atoms with van der Waals surface area (Å²) in [5, 5.41) is 7.80. The molecular formula is C13H14BrN3O3. The van der Waals surface area contributed by atoms with Crippen LogP contribution in [0.1, 0.15) is 19.8 Å². The lowest BCUT2D eigenvalue weighted by Crippen LogP contribution is -2.37. The minimum Gasteiger partial charge on any atom is -0.464 e. The zero-order valence-corrected chi connectivity index (χ0v) is 12.6.